The first-order valence-electron chi connectivity index (χ1n) is 8.24. The second-order valence-electron chi connectivity index (χ2n) is 6.33. The number of aryl methyl sites for hydroxylation is 2. The van der Waals surface area contributed by atoms with Crippen LogP contribution in [0.3, 0.4) is 0 Å². The smallest absolute Gasteiger partial charge is 0.240 e. The number of hydrogen-bond donors (Lipinski definition) is 2. The molecule has 0 saturated heterocycles. The molecule has 2 aromatic rings. The molecule has 6 heteroatoms. The highest BCUT2D eigenvalue weighted by atomic mass is 32.2. The van der Waals surface area contributed by atoms with Crippen molar-refractivity contribution in [2.45, 2.75) is 44.6 Å². The van der Waals surface area contributed by atoms with E-state index in [1.807, 2.05) is 31.2 Å². The van der Waals surface area contributed by atoms with Gasteiger partial charge in [-0.25, -0.2) is 13.1 Å². The van der Waals surface area contributed by atoms with Gasteiger partial charge in [-0.2, -0.15) is 0 Å². The van der Waals surface area contributed by atoms with Crippen LogP contribution in [0.5, 0.6) is 0 Å². The van der Waals surface area contributed by atoms with Crippen molar-refractivity contribution < 1.29 is 13.2 Å². The summed E-state index contributed by atoms with van der Waals surface area (Å²) in [4.78, 5) is 12.2. The first-order chi connectivity index (χ1) is 11.8. The number of hydrogen-bond acceptors (Lipinski definition) is 3. The maximum absolute atomic E-state index is 12.1. The first kappa shape index (κ1) is 19.1. The van der Waals surface area contributed by atoms with E-state index in [9.17, 15) is 13.2 Å². The zero-order valence-corrected chi connectivity index (χ0v) is 15.6. The van der Waals surface area contributed by atoms with Gasteiger partial charge in [-0.1, -0.05) is 29.8 Å². The lowest BCUT2D eigenvalue weighted by atomic mass is 10.1. The topological polar surface area (TPSA) is 75.3 Å². The van der Waals surface area contributed by atoms with Gasteiger partial charge < -0.3 is 5.32 Å². The molecule has 0 fully saturated rings. The molecule has 25 heavy (non-hydrogen) atoms. The SMILES string of the molecule is Cc1ccc(CCC(=O)Nc2ccc(S(=O)(=O)NC(C)C)cc2)cc1. The zero-order valence-electron chi connectivity index (χ0n) is 14.7. The summed E-state index contributed by atoms with van der Waals surface area (Å²) in [5.74, 6) is -0.100. The zero-order chi connectivity index (χ0) is 18.4. The van der Waals surface area contributed by atoms with E-state index in [2.05, 4.69) is 10.0 Å². The fraction of sp³-hybridized carbons (Fsp3) is 0.316. The third kappa shape index (κ3) is 5.99. The Morgan fingerprint density at radius 3 is 2.16 bits per heavy atom. The minimum absolute atomic E-state index is 0.100. The number of benzene rings is 2. The predicted molar refractivity (Wildman–Crippen MR) is 100 cm³/mol. The summed E-state index contributed by atoms with van der Waals surface area (Å²) in [6.45, 7) is 5.55. The number of sulfonamides is 1. The standard InChI is InChI=1S/C19H24N2O3S/c1-14(2)21-25(23,24)18-11-9-17(10-12-18)20-19(22)13-8-16-6-4-15(3)5-7-16/h4-7,9-12,14,21H,8,13H2,1-3H3,(H,20,22). The molecule has 0 aliphatic rings. The molecule has 0 aliphatic heterocycles. The van der Waals surface area contributed by atoms with E-state index in [1.54, 1.807) is 26.0 Å². The predicted octanol–water partition coefficient (Wildman–Crippen LogP) is 3.25. The average molecular weight is 360 g/mol. The number of carbonyl (C=O) groups is 1. The molecular formula is C19H24N2O3S. The van der Waals surface area contributed by atoms with E-state index in [1.165, 1.54) is 17.7 Å². The summed E-state index contributed by atoms with van der Waals surface area (Å²) in [7, 11) is -3.52. The minimum atomic E-state index is -3.52. The second-order valence-corrected chi connectivity index (χ2v) is 8.05. The third-order valence-corrected chi connectivity index (χ3v) is 5.28. The largest absolute Gasteiger partial charge is 0.326 e. The number of nitrogens with one attached hydrogen (secondary N) is 2. The Morgan fingerprint density at radius 2 is 1.60 bits per heavy atom. The molecule has 0 bridgehead atoms. The minimum Gasteiger partial charge on any atom is -0.326 e. The van der Waals surface area contributed by atoms with Gasteiger partial charge in [0.05, 0.1) is 4.90 Å². The van der Waals surface area contributed by atoms with Crippen LogP contribution in [0.25, 0.3) is 0 Å². The lowest BCUT2D eigenvalue weighted by Crippen LogP contribution is -2.30. The van der Waals surface area contributed by atoms with E-state index >= 15 is 0 Å². The number of carbonyl (C=O) groups excluding carboxylic acids is 1. The molecular weight excluding hydrogens is 336 g/mol. The molecule has 0 saturated carbocycles. The molecule has 2 rings (SSSR count). The fourth-order valence-electron chi connectivity index (χ4n) is 2.33. The summed E-state index contributed by atoms with van der Waals surface area (Å²) < 4.78 is 26.6. The van der Waals surface area contributed by atoms with Gasteiger partial charge in [0.2, 0.25) is 15.9 Å². The summed E-state index contributed by atoms with van der Waals surface area (Å²) in [6, 6.07) is 14.1. The summed E-state index contributed by atoms with van der Waals surface area (Å²) in [6.07, 6.45) is 1.04. The molecule has 1 amide bonds. The van der Waals surface area contributed by atoms with E-state index in [4.69, 9.17) is 0 Å². The van der Waals surface area contributed by atoms with Gasteiger partial charge in [0.1, 0.15) is 0 Å². The highest BCUT2D eigenvalue weighted by molar-refractivity contribution is 7.89. The summed E-state index contributed by atoms with van der Waals surface area (Å²) in [5, 5.41) is 2.79. The van der Waals surface area contributed by atoms with Crippen LogP contribution in [-0.4, -0.2) is 20.4 Å². The van der Waals surface area contributed by atoms with Crippen LogP contribution < -0.4 is 10.0 Å². The van der Waals surface area contributed by atoms with Gasteiger partial charge in [0, 0.05) is 18.2 Å². The van der Waals surface area contributed by atoms with E-state index in [0.29, 0.717) is 18.5 Å². The number of rotatable bonds is 7. The van der Waals surface area contributed by atoms with Gasteiger partial charge in [-0.05, 0) is 57.0 Å². The van der Waals surface area contributed by atoms with Gasteiger partial charge in [0.15, 0.2) is 0 Å². The molecule has 2 aromatic carbocycles. The highest BCUT2D eigenvalue weighted by Gasteiger charge is 2.15. The molecule has 0 spiro atoms. The normalized spacial score (nSPS) is 11.5. The van der Waals surface area contributed by atoms with Crippen LogP contribution in [0.15, 0.2) is 53.4 Å². The summed E-state index contributed by atoms with van der Waals surface area (Å²) >= 11 is 0. The molecule has 0 aliphatic carbocycles. The van der Waals surface area contributed by atoms with Crippen LogP contribution >= 0.6 is 0 Å². The van der Waals surface area contributed by atoms with Crippen LogP contribution in [0.1, 0.15) is 31.4 Å². The quantitative estimate of drug-likeness (QED) is 0.796. The van der Waals surface area contributed by atoms with Crippen molar-refractivity contribution in [3.05, 3.63) is 59.7 Å². The number of amides is 1. The average Bonchev–Trinajstić information content (AvgIpc) is 2.54. The fourth-order valence-corrected chi connectivity index (χ4v) is 3.58. The molecule has 2 N–H and O–H groups in total. The lowest BCUT2D eigenvalue weighted by Gasteiger charge is -2.10. The molecule has 0 radical (unpaired) electrons. The molecule has 0 aromatic heterocycles. The van der Waals surface area contributed by atoms with Gasteiger partial charge >= 0.3 is 0 Å². The second kappa shape index (κ2) is 8.27. The Balaban J connectivity index is 1.92. The summed E-state index contributed by atoms with van der Waals surface area (Å²) in [5.41, 5.74) is 2.88. The molecule has 0 unspecified atom stereocenters. The lowest BCUT2D eigenvalue weighted by molar-refractivity contribution is -0.116. The van der Waals surface area contributed by atoms with Gasteiger partial charge in [0.25, 0.3) is 0 Å². The molecule has 5 nitrogen and oxygen atoms in total. The van der Waals surface area contributed by atoms with E-state index in [0.717, 1.165) is 5.56 Å². The van der Waals surface area contributed by atoms with E-state index < -0.39 is 10.0 Å². The van der Waals surface area contributed by atoms with Crippen molar-refractivity contribution >= 4 is 21.6 Å². The van der Waals surface area contributed by atoms with Crippen molar-refractivity contribution in [2.24, 2.45) is 0 Å². The van der Waals surface area contributed by atoms with Crippen molar-refractivity contribution in [3.8, 4) is 0 Å². The van der Waals surface area contributed by atoms with Crippen LogP contribution in [0.2, 0.25) is 0 Å². The van der Waals surface area contributed by atoms with Gasteiger partial charge in [-0.3, -0.25) is 4.79 Å². The van der Waals surface area contributed by atoms with Gasteiger partial charge in [-0.15, -0.1) is 0 Å². The Labute approximate surface area is 149 Å². The van der Waals surface area contributed by atoms with Crippen molar-refractivity contribution in [2.75, 3.05) is 5.32 Å². The van der Waals surface area contributed by atoms with Crippen LogP contribution in [0, 0.1) is 6.92 Å². The van der Waals surface area contributed by atoms with Crippen molar-refractivity contribution in [1.29, 1.82) is 0 Å². The number of anilines is 1. The van der Waals surface area contributed by atoms with E-state index in [-0.39, 0.29) is 16.8 Å². The highest BCUT2D eigenvalue weighted by Crippen LogP contribution is 2.15. The Bertz CT molecular complexity index is 811. The molecule has 0 heterocycles. The Hall–Kier alpha value is -2.18. The molecule has 0 atom stereocenters. The maximum Gasteiger partial charge on any atom is 0.240 e. The Morgan fingerprint density at radius 1 is 1.00 bits per heavy atom. The molecule has 134 valence electrons. The van der Waals surface area contributed by atoms with Crippen LogP contribution in [-0.2, 0) is 21.2 Å². The Kier molecular flexibility index (Phi) is 6.33. The monoisotopic (exact) mass is 360 g/mol. The third-order valence-electron chi connectivity index (χ3n) is 3.60. The van der Waals surface area contributed by atoms with Crippen molar-refractivity contribution in [3.63, 3.8) is 0 Å². The maximum atomic E-state index is 12.1. The van der Waals surface area contributed by atoms with Crippen molar-refractivity contribution in [1.82, 2.24) is 4.72 Å². The first-order valence-corrected chi connectivity index (χ1v) is 9.72. The van der Waals surface area contributed by atoms with Crippen LogP contribution in [0.4, 0.5) is 5.69 Å².